The van der Waals surface area contributed by atoms with Crippen LogP contribution in [0.15, 0.2) is 24.8 Å². The van der Waals surface area contributed by atoms with Crippen LogP contribution in [0, 0.1) is 0 Å². The molecule has 14 heavy (non-hydrogen) atoms. The minimum absolute atomic E-state index is 0.925. The van der Waals surface area contributed by atoms with Crippen molar-refractivity contribution < 1.29 is 4.74 Å². The monoisotopic (exact) mass is 190 g/mol. The second-order valence-corrected chi connectivity index (χ2v) is 3.42. The molecule has 0 aromatic heterocycles. The lowest BCUT2D eigenvalue weighted by atomic mass is 10.0. The molecular formula is C13H18O. The van der Waals surface area contributed by atoms with E-state index in [-0.39, 0.29) is 0 Å². The molecule has 0 amide bonds. The minimum Gasteiger partial charge on any atom is -0.497 e. The summed E-state index contributed by atoms with van der Waals surface area (Å²) in [5.41, 5.74) is 2.47. The number of unbranched alkanes of at least 4 members (excludes halogenated alkanes) is 1. The molecule has 0 unspecified atom stereocenters. The lowest BCUT2D eigenvalue weighted by molar-refractivity contribution is 0.414. The number of methoxy groups -OCH3 is 1. The van der Waals surface area contributed by atoms with Gasteiger partial charge < -0.3 is 4.74 Å². The van der Waals surface area contributed by atoms with E-state index >= 15 is 0 Å². The summed E-state index contributed by atoms with van der Waals surface area (Å²) in [6.45, 7) is 5.98. The van der Waals surface area contributed by atoms with Crippen LogP contribution >= 0.6 is 0 Å². The highest BCUT2D eigenvalue weighted by atomic mass is 16.5. The Morgan fingerprint density at radius 1 is 1.36 bits per heavy atom. The Balaban J connectivity index is 2.86. The predicted octanol–water partition coefficient (Wildman–Crippen LogP) is 3.68. The molecule has 1 rings (SSSR count). The van der Waals surface area contributed by atoms with Crippen molar-refractivity contribution in [3.63, 3.8) is 0 Å². The first-order chi connectivity index (χ1) is 6.80. The molecule has 0 saturated heterocycles. The second-order valence-electron chi connectivity index (χ2n) is 3.42. The Labute approximate surface area is 86.4 Å². The maximum absolute atomic E-state index is 5.23. The van der Waals surface area contributed by atoms with Crippen LogP contribution in [-0.2, 0) is 6.42 Å². The molecule has 0 N–H and O–H groups in total. The summed E-state index contributed by atoms with van der Waals surface area (Å²) >= 11 is 0. The lowest BCUT2D eigenvalue weighted by Gasteiger charge is -2.06. The third-order valence-corrected chi connectivity index (χ3v) is 2.28. The predicted molar refractivity (Wildman–Crippen MR) is 61.7 cm³/mol. The Kier molecular flexibility index (Phi) is 4.24. The van der Waals surface area contributed by atoms with Gasteiger partial charge in [0.2, 0.25) is 0 Å². The van der Waals surface area contributed by atoms with Crippen LogP contribution in [0.4, 0.5) is 0 Å². The van der Waals surface area contributed by atoms with Gasteiger partial charge >= 0.3 is 0 Å². The Bertz CT molecular complexity index is 302. The number of benzene rings is 1. The minimum atomic E-state index is 0.925. The summed E-state index contributed by atoms with van der Waals surface area (Å²) in [7, 11) is 1.70. The maximum Gasteiger partial charge on any atom is 0.119 e. The van der Waals surface area contributed by atoms with E-state index in [0.29, 0.717) is 0 Å². The molecule has 0 spiro atoms. The molecule has 0 fully saturated rings. The summed E-state index contributed by atoms with van der Waals surface area (Å²) in [4.78, 5) is 0. The van der Waals surface area contributed by atoms with Crippen LogP contribution in [0.5, 0.6) is 5.75 Å². The quantitative estimate of drug-likeness (QED) is 0.688. The standard InChI is InChI=1S/C13H18O/c1-4-6-7-12-8-11(5-2)9-13(10-12)14-3/h5,8-10H,2,4,6-7H2,1,3H3. The zero-order valence-corrected chi connectivity index (χ0v) is 9.05. The van der Waals surface area contributed by atoms with E-state index in [1.807, 2.05) is 12.1 Å². The third-order valence-electron chi connectivity index (χ3n) is 2.28. The van der Waals surface area contributed by atoms with Crippen molar-refractivity contribution in [3.8, 4) is 5.75 Å². The first kappa shape index (κ1) is 10.8. The fourth-order valence-corrected chi connectivity index (χ4v) is 1.45. The second kappa shape index (κ2) is 5.48. The molecule has 0 bridgehead atoms. The molecule has 1 heteroatoms. The number of rotatable bonds is 5. The van der Waals surface area contributed by atoms with E-state index < -0.39 is 0 Å². The molecule has 0 aliphatic heterocycles. The zero-order chi connectivity index (χ0) is 10.4. The highest BCUT2D eigenvalue weighted by Gasteiger charge is 1.98. The van der Waals surface area contributed by atoms with Crippen molar-refractivity contribution in [2.24, 2.45) is 0 Å². The zero-order valence-electron chi connectivity index (χ0n) is 9.05. The van der Waals surface area contributed by atoms with E-state index in [1.165, 1.54) is 18.4 Å². The normalized spacial score (nSPS) is 9.86. The van der Waals surface area contributed by atoms with Gasteiger partial charge in [0.25, 0.3) is 0 Å². The summed E-state index contributed by atoms with van der Waals surface area (Å²) in [6, 6.07) is 6.27. The molecular weight excluding hydrogens is 172 g/mol. The van der Waals surface area contributed by atoms with Gasteiger partial charge in [0.15, 0.2) is 0 Å². The molecule has 0 radical (unpaired) electrons. The van der Waals surface area contributed by atoms with Crippen molar-refractivity contribution in [2.75, 3.05) is 7.11 Å². The van der Waals surface area contributed by atoms with Gasteiger partial charge in [-0.3, -0.25) is 0 Å². The topological polar surface area (TPSA) is 9.23 Å². The first-order valence-corrected chi connectivity index (χ1v) is 5.10. The molecule has 0 saturated carbocycles. The van der Waals surface area contributed by atoms with Crippen molar-refractivity contribution in [1.82, 2.24) is 0 Å². The number of hydrogen-bond donors (Lipinski definition) is 0. The van der Waals surface area contributed by atoms with Gasteiger partial charge in [0, 0.05) is 0 Å². The molecule has 1 nitrogen and oxygen atoms in total. The van der Waals surface area contributed by atoms with Gasteiger partial charge in [-0.25, -0.2) is 0 Å². The largest absolute Gasteiger partial charge is 0.497 e. The lowest BCUT2D eigenvalue weighted by Crippen LogP contribution is -1.89. The number of hydrogen-bond acceptors (Lipinski definition) is 1. The average Bonchev–Trinajstić information content (AvgIpc) is 2.25. The molecule has 1 aromatic carbocycles. The van der Waals surface area contributed by atoms with Crippen molar-refractivity contribution in [3.05, 3.63) is 35.9 Å². The van der Waals surface area contributed by atoms with E-state index in [4.69, 9.17) is 4.74 Å². The molecule has 0 aliphatic carbocycles. The fraction of sp³-hybridized carbons (Fsp3) is 0.385. The van der Waals surface area contributed by atoms with E-state index in [2.05, 4.69) is 25.6 Å². The Hall–Kier alpha value is -1.24. The van der Waals surface area contributed by atoms with Gasteiger partial charge in [-0.1, -0.05) is 32.1 Å². The summed E-state index contributed by atoms with van der Waals surface area (Å²) in [5.74, 6) is 0.925. The van der Waals surface area contributed by atoms with Crippen LogP contribution in [0.2, 0.25) is 0 Å². The Morgan fingerprint density at radius 2 is 2.14 bits per heavy atom. The number of aryl methyl sites for hydroxylation is 1. The van der Waals surface area contributed by atoms with Crippen LogP contribution < -0.4 is 4.74 Å². The first-order valence-electron chi connectivity index (χ1n) is 5.10. The van der Waals surface area contributed by atoms with Crippen molar-refractivity contribution in [1.29, 1.82) is 0 Å². The summed E-state index contributed by atoms with van der Waals surface area (Å²) in [5, 5.41) is 0. The highest BCUT2D eigenvalue weighted by Crippen LogP contribution is 2.19. The van der Waals surface area contributed by atoms with Crippen LogP contribution in [0.25, 0.3) is 6.08 Å². The molecule has 76 valence electrons. The van der Waals surface area contributed by atoms with Gasteiger partial charge in [0.1, 0.15) is 5.75 Å². The molecule has 0 aliphatic rings. The van der Waals surface area contributed by atoms with Crippen LogP contribution in [-0.4, -0.2) is 7.11 Å². The third kappa shape index (κ3) is 2.91. The summed E-state index contributed by atoms with van der Waals surface area (Å²) < 4.78 is 5.23. The van der Waals surface area contributed by atoms with E-state index in [9.17, 15) is 0 Å². The van der Waals surface area contributed by atoms with Crippen molar-refractivity contribution in [2.45, 2.75) is 26.2 Å². The average molecular weight is 190 g/mol. The molecule has 0 heterocycles. The molecule has 1 aromatic rings. The molecule has 0 atom stereocenters. The van der Waals surface area contributed by atoms with E-state index in [1.54, 1.807) is 7.11 Å². The van der Waals surface area contributed by atoms with Crippen LogP contribution in [0.1, 0.15) is 30.9 Å². The maximum atomic E-state index is 5.23. The van der Waals surface area contributed by atoms with Gasteiger partial charge in [-0.15, -0.1) is 0 Å². The number of ether oxygens (including phenoxy) is 1. The van der Waals surface area contributed by atoms with E-state index in [0.717, 1.165) is 17.7 Å². The van der Waals surface area contributed by atoms with Crippen molar-refractivity contribution >= 4 is 6.08 Å². The van der Waals surface area contributed by atoms with Gasteiger partial charge in [0.05, 0.1) is 7.11 Å². The highest BCUT2D eigenvalue weighted by molar-refractivity contribution is 5.51. The van der Waals surface area contributed by atoms with Crippen LogP contribution in [0.3, 0.4) is 0 Å². The Morgan fingerprint density at radius 3 is 2.71 bits per heavy atom. The van der Waals surface area contributed by atoms with Gasteiger partial charge in [-0.05, 0) is 36.1 Å². The smallest absolute Gasteiger partial charge is 0.119 e. The SMILES string of the molecule is C=Cc1cc(CCCC)cc(OC)c1. The van der Waals surface area contributed by atoms with Gasteiger partial charge in [-0.2, -0.15) is 0 Å². The fourth-order valence-electron chi connectivity index (χ4n) is 1.45. The summed E-state index contributed by atoms with van der Waals surface area (Å²) in [6.07, 6.45) is 5.43.